The van der Waals surface area contributed by atoms with Crippen LogP contribution in [0.1, 0.15) is 31.9 Å². The molecule has 1 heterocycles. The average Bonchev–Trinajstić information content (AvgIpc) is 2.15. The van der Waals surface area contributed by atoms with E-state index in [9.17, 15) is 0 Å². The molecule has 0 aliphatic heterocycles. The van der Waals surface area contributed by atoms with Crippen LogP contribution < -0.4 is 5.32 Å². The van der Waals surface area contributed by atoms with Gasteiger partial charge in [-0.05, 0) is 19.4 Å². The first-order valence-corrected chi connectivity index (χ1v) is 4.66. The molecule has 1 atom stereocenters. The van der Waals surface area contributed by atoms with Crippen LogP contribution in [0.4, 0.5) is 0 Å². The minimum absolute atomic E-state index is 0.376. The van der Waals surface area contributed by atoms with E-state index in [0.29, 0.717) is 12.0 Å². The van der Waals surface area contributed by atoms with Crippen LogP contribution in [0.3, 0.4) is 0 Å². The van der Waals surface area contributed by atoms with Crippen molar-refractivity contribution >= 4 is 0 Å². The molecule has 13 heavy (non-hydrogen) atoms. The summed E-state index contributed by atoms with van der Waals surface area (Å²) < 4.78 is 0. The molecule has 0 spiro atoms. The number of hydrogen-bond donors (Lipinski definition) is 1. The van der Waals surface area contributed by atoms with Gasteiger partial charge >= 0.3 is 0 Å². The van der Waals surface area contributed by atoms with E-state index in [4.69, 9.17) is 0 Å². The summed E-state index contributed by atoms with van der Waals surface area (Å²) in [5.41, 5.74) is 1.17. The lowest BCUT2D eigenvalue weighted by Gasteiger charge is -2.17. The van der Waals surface area contributed by atoms with Gasteiger partial charge in [0.05, 0.1) is 0 Å². The lowest BCUT2D eigenvalue weighted by atomic mass is 9.99. The van der Waals surface area contributed by atoms with Crippen molar-refractivity contribution in [3.05, 3.63) is 24.3 Å². The highest BCUT2D eigenvalue weighted by molar-refractivity contribution is 5.08. The summed E-state index contributed by atoms with van der Waals surface area (Å²) in [5.74, 6) is 0.678. The Labute approximate surface area is 79.6 Å². The Morgan fingerprint density at radius 1 is 1.31 bits per heavy atom. The van der Waals surface area contributed by atoms with Crippen molar-refractivity contribution in [2.24, 2.45) is 5.92 Å². The fourth-order valence-corrected chi connectivity index (χ4v) is 1.38. The Hall–Kier alpha value is -0.960. The van der Waals surface area contributed by atoms with Crippen LogP contribution in [0.5, 0.6) is 0 Å². The van der Waals surface area contributed by atoms with Gasteiger partial charge in [0, 0.05) is 24.0 Å². The lowest BCUT2D eigenvalue weighted by molar-refractivity contribution is 0.455. The van der Waals surface area contributed by atoms with Gasteiger partial charge in [-0.25, -0.2) is 9.97 Å². The summed E-state index contributed by atoms with van der Waals surface area (Å²) in [6.07, 6.45) is 6.42. The smallest absolute Gasteiger partial charge is 0.115 e. The number of nitrogens with zero attached hydrogens (tertiary/aromatic N) is 2. The van der Waals surface area contributed by atoms with Gasteiger partial charge in [-0.15, -0.1) is 0 Å². The van der Waals surface area contributed by atoms with Crippen molar-refractivity contribution in [3.63, 3.8) is 0 Å². The van der Waals surface area contributed by atoms with E-state index in [0.717, 1.165) is 6.42 Å². The van der Waals surface area contributed by atoms with Crippen LogP contribution >= 0.6 is 0 Å². The predicted octanol–water partition coefficient (Wildman–Crippen LogP) is 1.78. The Morgan fingerprint density at radius 2 is 1.92 bits per heavy atom. The molecular weight excluding hydrogens is 162 g/mol. The van der Waals surface area contributed by atoms with Gasteiger partial charge in [0.25, 0.3) is 0 Å². The zero-order chi connectivity index (χ0) is 9.68. The SMILES string of the molecule is CNC(CC(C)C)c1cncnc1. The highest BCUT2D eigenvalue weighted by Crippen LogP contribution is 2.18. The van der Waals surface area contributed by atoms with Crippen LogP contribution in [0, 0.1) is 5.92 Å². The summed E-state index contributed by atoms with van der Waals surface area (Å²) in [6.45, 7) is 4.43. The van der Waals surface area contributed by atoms with Gasteiger partial charge in [0.1, 0.15) is 6.33 Å². The summed E-state index contributed by atoms with van der Waals surface area (Å²) in [5, 5.41) is 3.27. The van der Waals surface area contributed by atoms with Crippen molar-refractivity contribution in [1.82, 2.24) is 15.3 Å². The normalized spacial score (nSPS) is 13.2. The third-order valence-corrected chi connectivity index (χ3v) is 2.04. The quantitative estimate of drug-likeness (QED) is 0.765. The summed E-state index contributed by atoms with van der Waals surface area (Å²) >= 11 is 0. The molecule has 0 fully saturated rings. The fourth-order valence-electron chi connectivity index (χ4n) is 1.38. The Kier molecular flexibility index (Phi) is 3.83. The first kappa shape index (κ1) is 10.1. The van der Waals surface area contributed by atoms with E-state index in [2.05, 4.69) is 29.1 Å². The molecule has 72 valence electrons. The Morgan fingerprint density at radius 3 is 2.38 bits per heavy atom. The molecule has 0 bridgehead atoms. The highest BCUT2D eigenvalue weighted by atomic mass is 14.9. The average molecular weight is 179 g/mol. The minimum Gasteiger partial charge on any atom is -0.313 e. The van der Waals surface area contributed by atoms with E-state index >= 15 is 0 Å². The molecule has 1 rings (SSSR count). The van der Waals surface area contributed by atoms with Crippen molar-refractivity contribution in [2.75, 3.05) is 7.05 Å². The number of rotatable bonds is 4. The molecule has 0 aromatic carbocycles. The summed E-state index contributed by atoms with van der Waals surface area (Å²) in [4.78, 5) is 8.02. The first-order valence-electron chi connectivity index (χ1n) is 4.66. The van der Waals surface area contributed by atoms with Gasteiger partial charge in [0.15, 0.2) is 0 Å². The first-order chi connectivity index (χ1) is 6.24. The molecule has 0 saturated carbocycles. The largest absolute Gasteiger partial charge is 0.313 e. The number of hydrogen-bond acceptors (Lipinski definition) is 3. The predicted molar refractivity (Wildman–Crippen MR) is 53.3 cm³/mol. The zero-order valence-corrected chi connectivity index (χ0v) is 8.49. The van der Waals surface area contributed by atoms with Gasteiger partial charge in [-0.3, -0.25) is 0 Å². The molecule has 0 radical (unpaired) electrons. The van der Waals surface area contributed by atoms with Crippen LogP contribution in [-0.4, -0.2) is 17.0 Å². The van der Waals surface area contributed by atoms with E-state index in [1.807, 2.05) is 19.4 Å². The standard InChI is InChI=1S/C10H17N3/c1-8(2)4-10(11-3)9-5-12-7-13-6-9/h5-8,10-11H,4H2,1-3H3. The molecule has 1 N–H and O–H groups in total. The summed E-state index contributed by atoms with van der Waals surface area (Å²) in [6, 6.07) is 0.376. The van der Waals surface area contributed by atoms with E-state index in [1.165, 1.54) is 5.56 Å². The van der Waals surface area contributed by atoms with Gasteiger partial charge in [-0.2, -0.15) is 0 Å². The third kappa shape index (κ3) is 3.11. The Bertz CT molecular complexity index is 233. The van der Waals surface area contributed by atoms with Crippen LogP contribution in [0.15, 0.2) is 18.7 Å². The van der Waals surface area contributed by atoms with E-state index < -0.39 is 0 Å². The maximum Gasteiger partial charge on any atom is 0.115 e. The molecule has 1 unspecified atom stereocenters. The molecule has 3 heteroatoms. The van der Waals surface area contributed by atoms with Crippen molar-refractivity contribution in [2.45, 2.75) is 26.3 Å². The molecule has 1 aromatic rings. The number of aromatic nitrogens is 2. The second-order valence-electron chi connectivity index (χ2n) is 3.64. The molecule has 0 aliphatic carbocycles. The maximum atomic E-state index is 4.01. The zero-order valence-electron chi connectivity index (χ0n) is 8.49. The van der Waals surface area contributed by atoms with Crippen molar-refractivity contribution < 1.29 is 0 Å². The van der Waals surface area contributed by atoms with E-state index in [-0.39, 0.29) is 0 Å². The third-order valence-electron chi connectivity index (χ3n) is 2.04. The second kappa shape index (κ2) is 4.92. The molecule has 0 saturated heterocycles. The minimum atomic E-state index is 0.376. The molecule has 0 aliphatic rings. The van der Waals surface area contributed by atoms with E-state index in [1.54, 1.807) is 6.33 Å². The monoisotopic (exact) mass is 179 g/mol. The molecule has 3 nitrogen and oxygen atoms in total. The van der Waals surface area contributed by atoms with Crippen LogP contribution in [0.2, 0.25) is 0 Å². The van der Waals surface area contributed by atoms with Gasteiger partial charge in [0.2, 0.25) is 0 Å². The van der Waals surface area contributed by atoms with Crippen LogP contribution in [-0.2, 0) is 0 Å². The summed E-state index contributed by atoms with van der Waals surface area (Å²) in [7, 11) is 1.97. The fraction of sp³-hybridized carbons (Fsp3) is 0.600. The van der Waals surface area contributed by atoms with Crippen molar-refractivity contribution in [3.8, 4) is 0 Å². The highest BCUT2D eigenvalue weighted by Gasteiger charge is 2.10. The van der Waals surface area contributed by atoms with Gasteiger partial charge in [-0.1, -0.05) is 13.8 Å². The lowest BCUT2D eigenvalue weighted by Crippen LogP contribution is -2.18. The maximum absolute atomic E-state index is 4.01. The van der Waals surface area contributed by atoms with Crippen LogP contribution in [0.25, 0.3) is 0 Å². The van der Waals surface area contributed by atoms with Gasteiger partial charge < -0.3 is 5.32 Å². The molecule has 0 amide bonds. The number of nitrogens with one attached hydrogen (secondary N) is 1. The second-order valence-corrected chi connectivity index (χ2v) is 3.64. The Balaban J connectivity index is 2.67. The topological polar surface area (TPSA) is 37.8 Å². The molecular formula is C10H17N3. The molecule has 1 aromatic heterocycles. The van der Waals surface area contributed by atoms with Crippen molar-refractivity contribution in [1.29, 1.82) is 0 Å².